The second-order valence-electron chi connectivity index (χ2n) is 7.32. The van der Waals surface area contributed by atoms with Crippen LogP contribution in [0.2, 0.25) is 0 Å². The first-order valence-corrected chi connectivity index (χ1v) is 10.2. The van der Waals surface area contributed by atoms with Crippen LogP contribution < -0.4 is 10.6 Å². The van der Waals surface area contributed by atoms with E-state index in [1.807, 2.05) is 54.6 Å². The van der Waals surface area contributed by atoms with Crippen LogP contribution in [0.4, 0.5) is 11.4 Å². The summed E-state index contributed by atoms with van der Waals surface area (Å²) in [6.07, 6.45) is 2.95. The maximum absolute atomic E-state index is 12.6. The Morgan fingerprint density at radius 3 is 2.50 bits per heavy atom. The van der Waals surface area contributed by atoms with E-state index in [0.29, 0.717) is 11.3 Å². The van der Waals surface area contributed by atoms with Crippen molar-refractivity contribution in [1.82, 2.24) is 5.32 Å². The number of hydrogen-bond donors (Lipinski definition) is 2. The molecule has 0 saturated heterocycles. The van der Waals surface area contributed by atoms with E-state index >= 15 is 0 Å². The molecule has 5 nitrogen and oxygen atoms in total. The Morgan fingerprint density at radius 1 is 0.900 bits per heavy atom. The molecule has 152 valence electrons. The molecule has 1 aliphatic carbocycles. The number of fused-ring (bicyclic) bond motifs is 1. The Morgan fingerprint density at radius 2 is 1.63 bits per heavy atom. The molecule has 5 heteroatoms. The average molecular weight is 400 g/mol. The number of para-hydroxylation sites is 2. The SMILES string of the molecule is O=C(COC(=O)c1ccccc1Nc1ccccc1)NC1CCCc2ccccc21. The fourth-order valence-corrected chi connectivity index (χ4v) is 3.80. The third kappa shape index (κ3) is 4.69. The van der Waals surface area contributed by atoms with Gasteiger partial charge in [0.05, 0.1) is 17.3 Å². The van der Waals surface area contributed by atoms with Crippen molar-refractivity contribution in [3.63, 3.8) is 0 Å². The molecule has 0 heterocycles. The van der Waals surface area contributed by atoms with Gasteiger partial charge in [0.25, 0.3) is 5.91 Å². The Bertz CT molecular complexity index is 1030. The molecule has 0 radical (unpaired) electrons. The number of aryl methyl sites for hydroxylation is 1. The zero-order valence-electron chi connectivity index (χ0n) is 16.6. The van der Waals surface area contributed by atoms with Crippen LogP contribution in [0.3, 0.4) is 0 Å². The molecule has 3 aromatic rings. The van der Waals surface area contributed by atoms with E-state index in [4.69, 9.17) is 4.74 Å². The van der Waals surface area contributed by atoms with Crippen molar-refractivity contribution in [3.8, 4) is 0 Å². The lowest BCUT2D eigenvalue weighted by Gasteiger charge is -2.26. The summed E-state index contributed by atoms with van der Waals surface area (Å²) in [5, 5.41) is 6.22. The van der Waals surface area contributed by atoms with Gasteiger partial charge in [-0.25, -0.2) is 4.79 Å². The summed E-state index contributed by atoms with van der Waals surface area (Å²) in [5.74, 6) is -0.827. The zero-order valence-corrected chi connectivity index (χ0v) is 16.6. The van der Waals surface area contributed by atoms with Crippen LogP contribution in [0.25, 0.3) is 0 Å². The van der Waals surface area contributed by atoms with Crippen molar-refractivity contribution in [1.29, 1.82) is 0 Å². The monoisotopic (exact) mass is 400 g/mol. The number of carbonyl (C=O) groups is 2. The molecule has 0 bridgehead atoms. The Hall–Kier alpha value is -3.60. The van der Waals surface area contributed by atoms with Crippen LogP contribution in [-0.2, 0) is 16.0 Å². The smallest absolute Gasteiger partial charge is 0.340 e. The maximum Gasteiger partial charge on any atom is 0.340 e. The third-order valence-electron chi connectivity index (χ3n) is 5.24. The van der Waals surface area contributed by atoms with Crippen LogP contribution in [0.5, 0.6) is 0 Å². The molecule has 2 N–H and O–H groups in total. The molecule has 0 fully saturated rings. The minimum Gasteiger partial charge on any atom is -0.452 e. The van der Waals surface area contributed by atoms with E-state index in [1.165, 1.54) is 5.56 Å². The summed E-state index contributed by atoms with van der Waals surface area (Å²) in [7, 11) is 0. The number of anilines is 2. The summed E-state index contributed by atoms with van der Waals surface area (Å²) >= 11 is 0. The molecule has 0 saturated carbocycles. The van der Waals surface area contributed by atoms with Gasteiger partial charge in [0.15, 0.2) is 6.61 Å². The normalized spacial score (nSPS) is 15.0. The highest BCUT2D eigenvalue weighted by Crippen LogP contribution is 2.29. The maximum atomic E-state index is 12.6. The molecule has 1 atom stereocenters. The molecule has 1 aliphatic rings. The van der Waals surface area contributed by atoms with Gasteiger partial charge < -0.3 is 15.4 Å². The number of esters is 1. The van der Waals surface area contributed by atoms with Crippen LogP contribution in [0, 0.1) is 0 Å². The predicted octanol–water partition coefficient (Wildman–Crippen LogP) is 4.78. The first kappa shape index (κ1) is 19.7. The van der Waals surface area contributed by atoms with Crippen molar-refractivity contribution in [3.05, 3.63) is 95.6 Å². The molecule has 4 rings (SSSR count). The Kier molecular flexibility index (Phi) is 6.09. The predicted molar refractivity (Wildman–Crippen MR) is 117 cm³/mol. The van der Waals surface area contributed by atoms with Crippen molar-refractivity contribution in [2.75, 3.05) is 11.9 Å². The number of ether oxygens (including phenoxy) is 1. The number of benzene rings is 3. The molecule has 0 spiro atoms. The minimum absolute atomic E-state index is 0.0341. The standard InChI is InChI=1S/C25H24N2O3/c28-24(27-22-16-8-10-18-9-4-5-13-20(18)22)17-30-25(29)21-14-6-7-15-23(21)26-19-11-2-1-3-12-19/h1-7,9,11-15,22,26H,8,10,16-17H2,(H,27,28). The third-order valence-corrected chi connectivity index (χ3v) is 5.24. The van der Waals surface area contributed by atoms with Gasteiger partial charge in [0.1, 0.15) is 0 Å². The van der Waals surface area contributed by atoms with Crippen LogP contribution in [0.1, 0.15) is 40.4 Å². The lowest BCUT2D eigenvalue weighted by molar-refractivity contribution is -0.125. The summed E-state index contributed by atoms with van der Waals surface area (Å²) in [6.45, 7) is -0.308. The van der Waals surface area contributed by atoms with Gasteiger partial charge >= 0.3 is 5.97 Å². The van der Waals surface area contributed by atoms with E-state index in [2.05, 4.69) is 22.8 Å². The molecular formula is C25H24N2O3. The first-order valence-electron chi connectivity index (χ1n) is 10.2. The summed E-state index contributed by atoms with van der Waals surface area (Å²) in [4.78, 5) is 25.0. The van der Waals surface area contributed by atoms with Gasteiger partial charge in [-0.05, 0) is 54.7 Å². The quantitative estimate of drug-likeness (QED) is 0.585. The van der Waals surface area contributed by atoms with Crippen molar-refractivity contribution < 1.29 is 14.3 Å². The van der Waals surface area contributed by atoms with Gasteiger partial charge in [0.2, 0.25) is 0 Å². The summed E-state index contributed by atoms with van der Waals surface area (Å²) < 4.78 is 5.31. The van der Waals surface area contributed by atoms with Gasteiger partial charge in [0, 0.05) is 5.69 Å². The van der Waals surface area contributed by atoms with Gasteiger partial charge in [-0.2, -0.15) is 0 Å². The second kappa shape index (κ2) is 9.27. The Labute approximate surface area is 176 Å². The number of amides is 1. The number of nitrogens with one attached hydrogen (secondary N) is 2. The molecule has 30 heavy (non-hydrogen) atoms. The minimum atomic E-state index is -0.534. The fraction of sp³-hybridized carbons (Fsp3) is 0.200. The topological polar surface area (TPSA) is 67.4 Å². The van der Waals surface area contributed by atoms with Crippen molar-refractivity contribution in [2.45, 2.75) is 25.3 Å². The first-order chi connectivity index (χ1) is 14.7. The van der Waals surface area contributed by atoms with Crippen LogP contribution in [0.15, 0.2) is 78.9 Å². The lowest BCUT2D eigenvalue weighted by atomic mass is 9.88. The van der Waals surface area contributed by atoms with Crippen molar-refractivity contribution in [2.24, 2.45) is 0 Å². The molecule has 0 aromatic heterocycles. The van der Waals surface area contributed by atoms with Gasteiger partial charge in [-0.3, -0.25) is 4.79 Å². The molecule has 1 unspecified atom stereocenters. The molecule has 1 amide bonds. The van der Waals surface area contributed by atoms with E-state index < -0.39 is 5.97 Å². The molecule has 0 aliphatic heterocycles. The fourth-order valence-electron chi connectivity index (χ4n) is 3.80. The largest absolute Gasteiger partial charge is 0.452 e. The summed E-state index contributed by atoms with van der Waals surface area (Å²) in [5.41, 5.74) is 4.31. The Balaban J connectivity index is 1.37. The average Bonchev–Trinajstić information content (AvgIpc) is 2.79. The molecule has 3 aromatic carbocycles. The van der Waals surface area contributed by atoms with Gasteiger partial charge in [-0.1, -0.05) is 54.6 Å². The molecular weight excluding hydrogens is 376 g/mol. The zero-order chi connectivity index (χ0) is 20.8. The highest BCUT2D eigenvalue weighted by atomic mass is 16.5. The van der Waals surface area contributed by atoms with Crippen LogP contribution >= 0.6 is 0 Å². The van der Waals surface area contributed by atoms with E-state index in [-0.39, 0.29) is 18.6 Å². The number of rotatable bonds is 6. The highest BCUT2D eigenvalue weighted by molar-refractivity contribution is 5.97. The van der Waals surface area contributed by atoms with E-state index in [0.717, 1.165) is 30.5 Å². The number of carbonyl (C=O) groups excluding carboxylic acids is 2. The van der Waals surface area contributed by atoms with E-state index in [1.54, 1.807) is 12.1 Å². The van der Waals surface area contributed by atoms with Gasteiger partial charge in [-0.15, -0.1) is 0 Å². The lowest BCUT2D eigenvalue weighted by Crippen LogP contribution is -2.34. The van der Waals surface area contributed by atoms with Crippen LogP contribution in [-0.4, -0.2) is 18.5 Å². The second-order valence-corrected chi connectivity index (χ2v) is 7.32. The number of hydrogen-bond acceptors (Lipinski definition) is 4. The summed E-state index contributed by atoms with van der Waals surface area (Å²) in [6, 6.07) is 24.8. The van der Waals surface area contributed by atoms with E-state index in [9.17, 15) is 9.59 Å². The highest BCUT2D eigenvalue weighted by Gasteiger charge is 2.22. The van der Waals surface area contributed by atoms with Crippen molar-refractivity contribution >= 4 is 23.3 Å².